The van der Waals surface area contributed by atoms with Gasteiger partial charge in [0.2, 0.25) is 0 Å². The molecule has 1 aromatic heterocycles. The second-order valence-electron chi connectivity index (χ2n) is 6.13. The Morgan fingerprint density at radius 3 is 2.73 bits per heavy atom. The fourth-order valence-corrected chi connectivity index (χ4v) is 3.19. The van der Waals surface area contributed by atoms with Crippen molar-refractivity contribution in [3.63, 3.8) is 0 Å². The minimum Gasteiger partial charge on any atom is -0.324 e. The molecule has 1 unspecified atom stereocenters. The van der Waals surface area contributed by atoms with Crippen LogP contribution in [0.25, 0.3) is 5.69 Å². The number of carbonyl (C=O) groups is 1. The molecule has 2 heterocycles. The Kier molecular flexibility index (Phi) is 3.29. The highest BCUT2D eigenvalue weighted by molar-refractivity contribution is 5.88. The van der Waals surface area contributed by atoms with Crippen molar-refractivity contribution in [2.75, 3.05) is 18.4 Å². The van der Waals surface area contributed by atoms with Gasteiger partial charge in [-0.25, -0.2) is 4.79 Å². The topological polar surface area (TPSA) is 63.1 Å². The Balaban J connectivity index is 1.45. The molecule has 6 nitrogen and oxygen atoms in total. The summed E-state index contributed by atoms with van der Waals surface area (Å²) in [5, 5.41) is 10.9. The van der Waals surface area contributed by atoms with Crippen molar-refractivity contribution >= 4 is 11.8 Å². The molecule has 2 aromatic rings. The number of amides is 2. The van der Waals surface area contributed by atoms with Crippen LogP contribution < -0.4 is 5.32 Å². The summed E-state index contributed by atoms with van der Waals surface area (Å²) in [5.74, 6) is 2.16. The fourth-order valence-electron chi connectivity index (χ4n) is 3.19. The SMILES string of the molecule is O=C(Nc1cnnn1-c1ccccc1)N1CCC(C2CC2)C1. The third-order valence-electron chi connectivity index (χ3n) is 4.59. The fraction of sp³-hybridized carbons (Fsp3) is 0.438. The summed E-state index contributed by atoms with van der Waals surface area (Å²) < 4.78 is 1.65. The van der Waals surface area contributed by atoms with Crippen LogP contribution in [0, 0.1) is 11.8 Å². The molecule has 1 N–H and O–H groups in total. The molecule has 1 aliphatic heterocycles. The van der Waals surface area contributed by atoms with Crippen molar-refractivity contribution in [3.8, 4) is 5.69 Å². The van der Waals surface area contributed by atoms with Crippen molar-refractivity contribution in [1.82, 2.24) is 19.9 Å². The van der Waals surface area contributed by atoms with E-state index in [0.717, 1.165) is 31.1 Å². The van der Waals surface area contributed by atoms with E-state index in [2.05, 4.69) is 15.6 Å². The van der Waals surface area contributed by atoms with E-state index < -0.39 is 0 Å². The number of aromatic nitrogens is 3. The minimum absolute atomic E-state index is 0.0531. The van der Waals surface area contributed by atoms with E-state index >= 15 is 0 Å². The van der Waals surface area contributed by atoms with E-state index in [4.69, 9.17) is 0 Å². The van der Waals surface area contributed by atoms with Gasteiger partial charge in [-0.15, -0.1) is 5.10 Å². The largest absolute Gasteiger partial charge is 0.324 e. The van der Waals surface area contributed by atoms with E-state index in [1.54, 1.807) is 10.9 Å². The quantitative estimate of drug-likeness (QED) is 0.947. The minimum atomic E-state index is -0.0531. The van der Waals surface area contributed by atoms with Gasteiger partial charge in [-0.1, -0.05) is 23.4 Å². The summed E-state index contributed by atoms with van der Waals surface area (Å²) in [6.45, 7) is 1.73. The zero-order valence-electron chi connectivity index (χ0n) is 12.4. The Bertz CT molecular complexity index is 664. The first kappa shape index (κ1) is 13.3. The Hall–Kier alpha value is -2.37. The molecule has 2 fully saturated rings. The Morgan fingerprint density at radius 2 is 1.95 bits per heavy atom. The van der Waals surface area contributed by atoms with Crippen LogP contribution in [0.15, 0.2) is 36.5 Å². The van der Waals surface area contributed by atoms with Crippen LogP contribution in [0.3, 0.4) is 0 Å². The molecule has 1 aliphatic carbocycles. The normalized spacial score (nSPS) is 21.1. The molecule has 0 spiro atoms. The van der Waals surface area contributed by atoms with Gasteiger partial charge in [0.25, 0.3) is 0 Å². The molecule has 2 aliphatic rings. The number of nitrogens with zero attached hydrogens (tertiary/aromatic N) is 4. The highest BCUT2D eigenvalue weighted by Gasteiger charge is 2.37. The molecule has 22 heavy (non-hydrogen) atoms. The lowest BCUT2D eigenvalue weighted by Crippen LogP contribution is -2.33. The molecule has 0 bridgehead atoms. The standard InChI is InChI=1S/C16H19N5O/c22-16(20-9-8-13(11-20)12-6-7-12)18-15-10-17-19-21(15)14-4-2-1-3-5-14/h1-5,10,12-13H,6-9,11H2,(H,18,22). The Labute approximate surface area is 129 Å². The van der Waals surface area contributed by atoms with E-state index in [1.807, 2.05) is 35.2 Å². The number of rotatable bonds is 3. The summed E-state index contributed by atoms with van der Waals surface area (Å²) in [4.78, 5) is 14.3. The van der Waals surface area contributed by atoms with E-state index in [-0.39, 0.29) is 6.03 Å². The van der Waals surface area contributed by atoms with Gasteiger partial charge in [-0.3, -0.25) is 5.32 Å². The number of urea groups is 1. The van der Waals surface area contributed by atoms with Crippen molar-refractivity contribution in [2.45, 2.75) is 19.3 Å². The average molecular weight is 297 g/mol. The zero-order valence-corrected chi connectivity index (χ0v) is 12.4. The number of likely N-dealkylation sites (tertiary alicyclic amines) is 1. The number of carbonyl (C=O) groups excluding carboxylic acids is 1. The van der Waals surface area contributed by atoms with Gasteiger partial charge in [0.1, 0.15) is 0 Å². The first-order chi connectivity index (χ1) is 10.8. The first-order valence-electron chi connectivity index (χ1n) is 7.83. The summed E-state index contributed by atoms with van der Waals surface area (Å²) in [7, 11) is 0. The lowest BCUT2D eigenvalue weighted by molar-refractivity contribution is 0.220. The summed E-state index contributed by atoms with van der Waals surface area (Å²) in [5.41, 5.74) is 0.882. The molecule has 4 rings (SSSR count). The number of hydrogen-bond acceptors (Lipinski definition) is 3. The van der Waals surface area contributed by atoms with E-state index in [0.29, 0.717) is 11.7 Å². The third-order valence-corrected chi connectivity index (χ3v) is 4.59. The van der Waals surface area contributed by atoms with Gasteiger partial charge >= 0.3 is 6.03 Å². The first-order valence-corrected chi connectivity index (χ1v) is 7.83. The lowest BCUT2D eigenvalue weighted by Gasteiger charge is -2.17. The lowest BCUT2D eigenvalue weighted by atomic mass is 10.0. The van der Waals surface area contributed by atoms with Crippen LogP contribution in [0.2, 0.25) is 0 Å². The molecular weight excluding hydrogens is 278 g/mol. The van der Waals surface area contributed by atoms with Gasteiger partial charge in [0, 0.05) is 13.1 Å². The average Bonchev–Trinajstić information content (AvgIpc) is 3.10. The molecule has 1 aromatic carbocycles. The van der Waals surface area contributed by atoms with Crippen LogP contribution in [0.5, 0.6) is 0 Å². The maximum atomic E-state index is 12.4. The van der Waals surface area contributed by atoms with Crippen LogP contribution in [0.4, 0.5) is 10.6 Å². The van der Waals surface area contributed by atoms with Crippen LogP contribution in [-0.4, -0.2) is 39.0 Å². The van der Waals surface area contributed by atoms with Gasteiger partial charge < -0.3 is 4.90 Å². The summed E-state index contributed by atoms with van der Waals surface area (Å²) in [6.07, 6.45) is 5.39. The molecule has 1 saturated heterocycles. The maximum absolute atomic E-state index is 12.4. The second-order valence-corrected chi connectivity index (χ2v) is 6.13. The van der Waals surface area contributed by atoms with Crippen molar-refractivity contribution < 1.29 is 4.79 Å². The number of nitrogens with one attached hydrogen (secondary N) is 1. The second kappa shape index (κ2) is 5.44. The van der Waals surface area contributed by atoms with Gasteiger partial charge in [-0.2, -0.15) is 4.68 Å². The van der Waals surface area contributed by atoms with Gasteiger partial charge in [-0.05, 0) is 43.2 Å². The molecule has 6 heteroatoms. The Morgan fingerprint density at radius 1 is 1.14 bits per heavy atom. The highest BCUT2D eigenvalue weighted by Crippen LogP contribution is 2.41. The molecule has 1 saturated carbocycles. The number of para-hydroxylation sites is 1. The molecule has 0 radical (unpaired) electrons. The van der Waals surface area contributed by atoms with Gasteiger partial charge in [0.05, 0.1) is 11.9 Å². The predicted molar refractivity (Wildman–Crippen MR) is 82.8 cm³/mol. The van der Waals surface area contributed by atoms with Crippen molar-refractivity contribution in [3.05, 3.63) is 36.5 Å². The molecule has 114 valence electrons. The number of anilines is 1. The van der Waals surface area contributed by atoms with E-state index in [9.17, 15) is 4.79 Å². The van der Waals surface area contributed by atoms with E-state index in [1.165, 1.54) is 12.8 Å². The maximum Gasteiger partial charge on any atom is 0.323 e. The predicted octanol–water partition coefficient (Wildman–Crippen LogP) is 2.53. The number of hydrogen-bond donors (Lipinski definition) is 1. The zero-order chi connectivity index (χ0) is 14.9. The van der Waals surface area contributed by atoms with Crippen LogP contribution in [-0.2, 0) is 0 Å². The molecule has 1 atom stereocenters. The van der Waals surface area contributed by atoms with Gasteiger partial charge in [0.15, 0.2) is 5.82 Å². The van der Waals surface area contributed by atoms with Crippen molar-refractivity contribution in [2.24, 2.45) is 11.8 Å². The monoisotopic (exact) mass is 297 g/mol. The molecule has 2 amide bonds. The van der Waals surface area contributed by atoms with Crippen LogP contribution in [0.1, 0.15) is 19.3 Å². The summed E-state index contributed by atoms with van der Waals surface area (Å²) in [6, 6.07) is 9.63. The van der Waals surface area contributed by atoms with Crippen LogP contribution >= 0.6 is 0 Å². The van der Waals surface area contributed by atoms with Crippen molar-refractivity contribution in [1.29, 1.82) is 0 Å². The smallest absolute Gasteiger partial charge is 0.323 e. The third kappa shape index (κ3) is 2.56. The summed E-state index contributed by atoms with van der Waals surface area (Å²) >= 11 is 0. The highest BCUT2D eigenvalue weighted by atomic mass is 16.2. The molecular formula is C16H19N5O. The number of benzene rings is 1.